The molecule has 25 heavy (non-hydrogen) atoms. The second kappa shape index (κ2) is 7.09. The number of amides is 1. The summed E-state index contributed by atoms with van der Waals surface area (Å²) in [5.41, 5.74) is 2.11. The van der Waals surface area contributed by atoms with Gasteiger partial charge in [0.1, 0.15) is 0 Å². The predicted molar refractivity (Wildman–Crippen MR) is 102 cm³/mol. The van der Waals surface area contributed by atoms with Gasteiger partial charge in [-0.3, -0.25) is 4.79 Å². The van der Waals surface area contributed by atoms with Gasteiger partial charge in [0.2, 0.25) is 5.91 Å². The lowest BCUT2D eigenvalue weighted by atomic mass is 10.1. The van der Waals surface area contributed by atoms with Crippen LogP contribution in [0.25, 0.3) is 10.2 Å². The van der Waals surface area contributed by atoms with Crippen molar-refractivity contribution >= 4 is 44.2 Å². The zero-order valence-corrected chi connectivity index (χ0v) is 15.8. The van der Waals surface area contributed by atoms with Crippen LogP contribution >= 0.6 is 22.9 Å². The monoisotopic (exact) mass is 379 g/mol. The highest BCUT2D eigenvalue weighted by Crippen LogP contribution is 2.35. The van der Waals surface area contributed by atoms with Gasteiger partial charge in [0.15, 0.2) is 5.13 Å². The Morgan fingerprint density at radius 2 is 2.16 bits per heavy atom. The Kier molecular flexibility index (Phi) is 4.84. The molecule has 1 N–H and O–H groups in total. The Labute approximate surface area is 156 Å². The zero-order chi connectivity index (χ0) is 17.4. The van der Waals surface area contributed by atoms with E-state index in [1.54, 1.807) is 11.3 Å². The van der Waals surface area contributed by atoms with E-state index in [-0.39, 0.29) is 17.9 Å². The number of aryl methyl sites for hydroxylation is 1. The number of hydrogen-bond donors (Lipinski definition) is 1. The van der Waals surface area contributed by atoms with Crippen LogP contribution in [0.3, 0.4) is 0 Å². The van der Waals surface area contributed by atoms with Crippen molar-refractivity contribution in [1.82, 2.24) is 10.3 Å². The molecule has 0 aliphatic carbocycles. The highest BCUT2D eigenvalue weighted by molar-refractivity contribution is 7.22. The van der Waals surface area contributed by atoms with E-state index in [9.17, 15) is 4.79 Å². The van der Waals surface area contributed by atoms with E-state index in [2.05, 4.69) is 10.2 Å². The summed E-state index contributed by atoms with van der Waals surface area (Å²) >= 11 is 7.81. The van der Waals surface area contributed by atoms with Crippen molar-refractivity contribution in [2.75, 3.05) is 31.2 Å². The molecule has 1 aromatic carbocycles. The molecule has 1 amide bonds. The lowest BCUT2D eigenvalue weighted by Gasteiger charge is -2.24. The van der Waals surface area contributed by atoms with Crippen LogP contribution in [0, 0.1) is 12.8 Å². The molecular weight excluding hydrogens is 358 g/mol. The Morgan fingerprint density at radius 1 is 1.36 bits per heavy atom. The summed E-state index contributed by atoms with van der Waals surface area (Å²) in [5.74, 6) is 0.217. The highest BCUT2D eigenvalue weighted by Gasteiger charge is 2.31. The van der Waals surface area contributed by atoms with Crippen LogP contribution in [0.5, 0.6) is 0 Å². The van der Waals surface area contributed by atoms with E-state index < -0.39 is 0 Å². The van der Waals surface area contributed by atoms with Gasteiger partial charge in [-0.25, -0.2) is 4.98 Å². The van der Waals surface area contributed by atoms with Gasteiger partial charge in [0, 0.05) is 37.4 Å². The number of thiazole rings is 1. The molecule has 1 unspecified atom stereocenters. The Morgan fingerprint density at radius 3 is 2.96 bits per heavy atom. The van der Waals surface area contributed by atoms with Gasteiger partial charge in [-0.15, -0.1) is 0 Å². The number of hydrogen-bond acceptors (Lipinski definition) is 5. The van der Waals surface area contributed by atoms with Crippen LogP contribution in [0.15, 0.2) is 12.1 Å². The number of carbonyl (C=O) groups is 1. The van der Waals surface area contributed by atoms with E-state index in [0.29, 0.717) is 0 Å². The third kappa shape index (κ3) is 3.61. The quantitative estimate of drug-likeness (QED) is 0.888. The molecule has 7 heteroatoms. The van der Waals surface area contributed by atoms with Crippen molar-refractivity contribution in [3.8, 4) is 0 Å². The largest absolute Gasteiger partial charge is 0.381 e. The predicted octanol–water partition coefficient (Wildman–Crippen LogP) is 3.38. The molecule has 2 saturated heterocycles. The normalized spacial score (nSPS) is 21.8. The fourth-order valence-electron chi connectivity index (χ4n) is 3.59. The summed E-state index contributed by atoms with van der Waals surface area (Å²) in [6.45, 7) is 5.14. The van der Waals surface area contributed by atoms with Crippen LogP contribution in [0.1, 0.15) is 24.8 Å². The Hall–Kier alpha value is -1.37. The summed E-state index contributed by atoms with van der Waals surface area (Å²) in [6.07, 6.45) is 2.71. The summed E-state index contributed by atoms with van der Waals surface area (Å²) < 4.78 is 6.46. The number of ether oxygens (including phenoxy) is 1. The minimum absolute atomic E-state index is 0.0412. The molecular formula is C18H22ClN3O2S. The van der Waals surface area contributed by atoms with Gasteiger partial charge in [0.05, 0.1) is 16.1 Å². The summed E-state index contributed by atoms with van der Waals surface area (Å²) in [6, 6.07) is 4.18. The fraction of sp³-hybridized carbons (Fsp3) is 0.556. The van der Waals surface area contributed by atoms with Gasteiger partial charge in [-0.05, 0) is 43.9 Å². The van der Waals surface area contributed by atoms with Crippen LogP contribution in [0.2, 0.25) is 5.02 Å². The van der Waals surface area contributed by atoms with Crippen molar-refractivity contribution in [3.05, 3.63) is 22.7 Å². The first-order valence-electron chi connectivity index (χ1n) is 8.80. The maximum absolute atomic E-state index is 12.5. The average Bonchev–Trinajstić information content (AvgIpc) is 3.22. The number of anilines is 1. The van der Waals surface area contributed by atoms with E-state index in [4.69, 9.17) is 21.3 Å². The van der Waals surface area contributed by atoms with Crippen LogP contribution in [0.4, 0.5) is 5.13 Å². The number of benzene rings is 1. The topological polar surface area (TPSA) is 54.5 Å². The molecule has 2 aliphatic rings. The summed E-state index contributed by atoms with van der Waals surface area (Å²) in [5, 5.41) is 4.93. The van der Waals surface area contributed by atoms with Gasteiger partial charge in [0.25, 0.3) is 0 Å². The minimum Gasteiger partial charge on any atom is -0.381 e. The van der Waals surface area contributed by atoms with Gasteiger partial charge in [-0.1, -0.05) is 22.9 Å². The molecule has 0 radical (unpaired) electrons. The van der Waals surface area contributed by atoms with Crippen molar-refractivity contribution in [2.45, 2.75) is 32.2 Å². The van der Waals surface area contributed by atoms with E-state index in [0.717, 1.165) is 71.5 Å². The van der Waals surface area contributed by atoms with Crippen molar-refractivity contribution in [2.24, 2.45) is 5.92 Å². The number of halogens is 1. The number of carbonyl (C=O) groups excluding carboxylic acids is 1. The summed E-state index contributed by atoms with van der Waals surface area (Å²) in [7, 11) is 0. The first kappa shape index (κ1) is 17.1. The molecule has 1 aromatic heterocycles. The molecule has 0 spiro atoms. The van der Waals surface area contributed by atoms with Gasteiger partial charge >= 0.3 is 0 Å². The number of nitrogens with one attached hydrogen (secondary N) is 1. The lowest BCUT2D eigenvalue weighted by Crippen LogP contribution is -2.42. The molecule has 0 bridgehead atoms. The first-order valence-corrected chi connectivity index (χ1v) is 9.99. The van der Waals surface area contributed by atoms with E-state index in [1.165, 1.54) is 0 Å². The van der Waals surface area contributed by atoms with Crippen LogP contribution < -0.4 is 10.2 Å². The molecule has 2 aliphatic heterocycles. The average molecular weight is 380 g/mol. The smallest absolute Gasteiger partial charge is 0.225 e. The second-order valence-electron chi connectivity index (χ2n) is 6.89. The minimum atomic E-state index is 0.0412. The zero-order valence-electron chi connectivity index (χ0n) is 14.3. The fourth-order valence-corrected chi connectivity index (χ4v) is 5.04. The molecule has 5 nitrogen and oxygen atoms in total. The van der Waals surface area contributed by atoms with E-state index >= 15 is 0 Å². The number of rotatable bonds is 3. The SMILES string of the molecule is Cc1cc(Cl)cc2sc(N3CCC(C(=O)NC4CCOCC4)C3)nc12. The standard InChI is InChI=1S/C18H22ClN3O2S/c1-11-8-13(19)9-15-16(11)21-18(25-15)22-5-2-12(10-22)17(23)20-14-3-6-24-7-4-14/h8-9,12,14H,2-7,10H2,1H3,(H,20,23). The number of aromatic nitrogens is 1. The van der Waals surface area contributed by atoms with Crippen molar-refractivity contribution in [1.29, 1.82) is 0 Å². The van der Waals surface area contributed by atoms with Crippen molar-refractivity contribution in [3.63, 3.8) is 0 Å². The lowest BCUT2D eigenvalue weighted by molar-refractivity contribution is -0.125. The maximum atomic E-state index is 12.5. The van der Waals surface area contributed by atoms with Crippen LogP contribution in [-0.4, -0.2) is 43.2 Å². The molecule has 4 rings (SSSR count). The molecule has 1 atom stereocenters. The van der Waals surface area contributed by atoms with Gasteiger partial charge in [-0.2, -0.15) is 0 Å². The third-order valence-electron chi connectivity index (χ3n) is 5.04. The molecule has 0 saturated carbocycles. The van der Waals surface area contributed by atoms with Crippen molar-refractivity contribution < 1.29 is 9.53 Å². The van der Waals surface area contributed by atoms with E-state index in [1.807, 2.05) is 19.1 Å². The molecule has 2 fully saturated rings. The maximum Gasteiger partial charge on any atom is 0.225 e. The van der Waals surface area contributed by atoms with Gasteiger partial charge < -0.3 is 15.0 Å². The highest BCUT2D eigenvalue weighted by atomic mass is 35.5. The molecule has 2 aromatic rings. The number of nitrogens with zero attached hydrogens (tertiary/aromatic N) is 2. The molecule has 3 heterocycles. The molecule has 134 valence electrons. The van der Waals surface area contributed by atoms with Crippen LogP contribution in [-0.2, 0) is 9.53 Å². The summed E-state index contributed by atoms with van der Waals surface area (Å²) in [4.78, 5) is 19.6. The second-order valence-corrected chi connectivity index (χ2v) is 8.34. The Balaban J connectivity index is 1.43. The Bertz CT molecular complexity index is 788. The third-order valence-corrected chi connectivity index (χ3v) is 6.32. The first-order chi connectivity index (χ1) is 12.1. The number of fused-ring (bicyclic) bond motifs is 1.